The van der Waals surface area contributed by atoms with Crippen LogP contribution in [0.25, 0.3) is 0 Å². The zero-order valence-electron chi connectivity index (χ0n) is 7.63. The predicted molar refractivity (Wildman–Crippen MR) is 54.8 cm³/mol. The molecule has 2 heterocycles. The molecule has 14 heavy (non-hydrogen) atoms. The Labute approximate surface area is 87.8 Å². The summed E-state index contributed by atoms with van der Waals surface area (Å²) >= 11 is 4.28. The Morgan fingerprint density at radius 1 is 1.57 bits per heavy atom. The third-order valence-electron chi connectivity index (χ3n) is 2.16. The number of carbonyl (C=O) groups excluding carboxylic acids is 1. The maximum absolute atomic E-state index is 11.4. The van der Waals surface area contributed by atoms with Crippen molar-refractivity contribution < 1.29 is 4.79 Å². The van der Waals surface area contributed by atoms with Crippen LogP contribution in [0, 0.1) is 0 Å². The van der Waals surface area contributed by atoms with Crippen LogP contribution in [0.15, 0.2) is 18.6 Å². The zero-order chi connectivity index (χ0) is 9.97. The minimum absolute atomic E-state index is 0.149. The van der Waals surface area contributed by atoms with Crippen LogP contribution in [0.5, 0.6) is 0 Å². The van der Waals surface area contributed by atoms with E-state index in [0.717, 1.165) is 5.69 Å². The molecule has 1 aromatic rings. The lowest BCUT2D eigenvalue weighted by molar-refractivity contribution is -0.128. The summed E-state index contributed by atoms with van der Waals surface area (Å²) < 4.78 is 0. The maximum Gasteiger partial charge on any atom is 0.224 e. The number of likely N-dealkylation sites (tertiary alicyclic amines) is 1. The lowest BCUT2D eigenvalue weighted by Crippen LogP contribution is -2.25. The van der Waals surface area contributed by atoms with Gasteiger partial charge in [-0.2, -0.15) is 12.6 Å². The largest absolute Gasteiger partial charge is 0.336 e. The number of rotatable bonds is 2. The van der Waals surface area contributed by atoms with Gasteiger partial charge in [0.25, 0.3) is 0 Å². The van der Waals surface area contributed by atoms with Crippen molar-refractivity contribution in [2.45, 2.75) is 18.2 Å². The highest BCUT2D eigenvalue weighted by Gasteiger charge is 2.27. The summed E-state index contributed by atoms with van der Waals surface area (Å²) in [4.78, 5) is 21.3. The second-order valence-electron chi connectivity index (χ2n) is 3.33. The molecule has 0 bridgehead atoms. The maximum atomic E-state index is 11.4. The molecule has 1 aliphatic heterocycles. The van der Waals surface area contributed by atoms with Crippen LogP contribution in [0.1, 0.15) is 12.1 Å². The fourth-order valence-corrected chi connectivity index (χ4v) is 1.86. The molecule has 0 radical (unpaired) electrons. The second-order valence-corrected chi connectivity index (χ2v) is 4.06. The predicted octanol–water partition coefficient (Wildman–Crippen LogP) is 0.507. The van der Waals surface area contributed by atoms with E-state index in [0.29, 0.717) is 19.5 Å². The molecule has 1 atom stereocenters. The first-order valence-electron chi connectivity index (χ1n) is 4.46. The number of carbonyl (C=O) groups is 1. The van der Waals surface area contributed by atoms with E-state index in [1.807, 2.05) is 0 Å². The summed E-state index contributed by atoms with van der Waals surface area (Å²) in [5.74, 6) is 0.149. The number of amides is 1. The third-order valence-corrected chi connectivity index (χ3v) is 2.51. The van der Waals surface area contributed by atoms with Gasteiger partial charge in [0.15, 0.2) is 0 Å². The van der Waals surface area contributed by atoms with Crippen molar-refractivity contribution in [1.82, 2.24) is 14.9 Å². The van der Waals surface area contributed by atoms with Gasteiger partial charge in [-0.1, -0.05) is 0 Å². The molecule has 74 valence electrons. The highest BCUT2D eigenvalue weighted by atomic mass is 32.1. The standard InChI is InChI=1S/C9H11N3OS/c13-9-3-8(14)6-12(9)5-7-4-10-1-2-11-7/h1-2,4,8,14H,3,5-6H2. The first kappa shape index (κ1) is 9.45. The van der Waals surface area contributed by atoms with E-state index < -0.39 is 0 Å². The van der Waals surface area contributed by atoms with Crippen LogP contribution in [0.2, 0.25) is 0 Å². The molecule has 5 heteroatoms. The molecule has 2 rings (SSSR count). The van der Waals surface area contributed by atoms with Crippen LogP contribution in [-0.2, 0) is 11.3 Å². The van der Waals surface area contributed by atoms with E-state index in [-0.39, 0.29) is 11.2 Å². The van der Waals surface area contributed by atoms with Crippen molar-refractivity contribution in [2.24, 2.45) is 0 Å². The van der Waals surface area contributed by atoms with E-state index in [1.165, 1.54) is 0 Å². The Balaban J connectivity index is 2.02. The van der Waals surface area contributed by atoms with Crippen molar-refractivity contribution in [3.63, 3.8) is 0 Å². The minimum atomic E-state index is 0.149. The van der Waals surface area contributed by atoms with Crippen molar-refractivity contribution in [2.75, 3.05) is 6.54 Å². The first-order valence-corrected chi connectivity index (χ1v) is 4.98. The monoisotopic (exact) mass is 209 g/mol. The van der Waals surface area contributed by atoms with Crippen molar-refractivity contribution in [3.05, 3.63) is 24.3 Å². The molecule has 0 aliphatic carbocycles. The van der Waals surface area contributed by atoms with E-state index in [2.05, 4.69) is 22.6 Å². The lowest BCUT2D eigenvalue weighted by atomic mass is 10.4. The summed E-state index contributed by atoms with van der Waals surface area (Å²) in [5.41, 5.74) is 0.822. The molecule has 1 aromatic heterocycles. The molecular formula is C9H11N3OS. The van der Waals surface area contributed by atoms with Gasteiger partial charge in [0.05, 0.1) is 18.4 Å². The van der Waals surface area contributed by atoms with E-state index in [4.69, 9.17) is 0 Å². The van der Waals surface area contributed by atoms with Gasteiger partial charge >= 0.3 is 0 Å². The van der Waals surface area contributed by atoms with Gasteiger partial charge in [0, 0.05) is 30.6 Å². The molecule has 1 saturated heterocycles. The Hall–Kier alpha value is -1.10. The third kappa shape index (κ3) is 2.04. The molecular weight excluding hydrogens is 198 g/mol. The van der Waals surface area contributed by atoms with Gasteiger partial charge in [-0.05, 0) is 0 Å². The Kier molecular flexibility index (Phi) is 2.67. The first-order chi connectivity index (χ1) is 6.75. The van der Waals surface area contributed by atoms with Gasteiger partial charge in [0.2, 0.25) is 5.91 Å². The molecule has 0 N–H and O–H groups in total. The van der Waals surface area contributed by atoms with Gasteiger partial charge in [-0.15, -0.1) is 0 Å². The molecule has 1 fully saturated rings. The molecule has 0 spiro atoms. The van der Waals surface area contributed by atoms with Crippen LogP contribution in [0.4, 0.5) is 0 Å². The van der Waals surface area contributed by atoms with Crippen LogP contribution < -0.4 is 0 Å². The Morgan fingerprint density at radius 3 is 3.00 bits per heavy atom. The van der Waals surface area contributed by atoms with Crippen LogP contribution >= 0.6 is 12.6 Å². The van der Waals surface area contributed by atoms with E-state index >= 15 is 0 Å². The van der Waals surface area contributed by atoms with Crippen LogP contribution in [0.3, 0.4) is 0 Å². The minimum Gasteiger partial charge on any atom is -0.336 e. The summed E-state index contributed by atoms with van der Waals surface area (Å²) in [5, 5.41) is 0.166. The average Bonchev–Trinajstić information content (AvgIpc) is 2.47. The SMILES string of the molecule is O=C1CC(S)CN1Cc1cnccn1. The van der Waals surface area contributed by atoms with E-state index in [9.17, 15) is 4.79 Å². The molecule has 1 amide bonds. The molecule has 0 aromatic carbocycles. The molecule has 0 saturated carbocycles. The number of nitrogens with zero attached hydrogens (tertiary/aromatic N) is 3. The smallest absolute Gasteiger partial charge is 0.224 e. The normalized spacial score (nSPS) is 21.6. The van der Waals surface area contributed by atoms with Crippen molar-refractivity contribution >= 4 is 18.5 Å². The summed E-state index contributed by atoms with van der Waals surface area (Å²) in [6.45, 7) is 1.25. The van der Waals surface area contributed by atoms with Crippen LogP contribution in [-0.4, -0.2) is 32.6 Å². The molecule has 4 nitrogen and oxygen atoms in total. The Bertz CT molecular complexity index is 330. The van der Waals surface area contributed by atoms with E-state index in [1.54, 1.807) is 23.5 Å². The number of hydrogen-bond acceptors (Lipinski definition) is 4. The summed E-state index contributed by atoms with van der Waals surface area (Å²) in [6.07, 6.45) is 5.47. The quantitative estimate of drug-likeness (QED) is 0.722. The number of aromatic nitrogens is 2. The van der Waals surface area contributed by atoms with Gasteiger partial charge < -0.3 is 4.90 Å². The van der Waals surface area contributed by atoms with Crippen molar-refractivity contribution in [3.8, 4) is 0 Å². The fourth-order valence-electron chi connectivity index (χ4n) is 1.51. The topological polar surface area (TPSA) is 46.1 Å². The summed E-state index contributed by atoms with van der Waals surface area (Å²) in [6, 6.07) is 0. The zero-order valence-corrected chi connectivity index (χ0v) is 8.52. The number of hydrogen-bond donors (Lipinski definition) is 1. The summed E-state index contributed by atoms with van der Waals surface area (Å²) in [7, 11) is 0. The fraction of sp³-hybridized carbons (Fsp3) is 0.444. The van der Waals surface area contributed by atoms with Crippen molar-refractivity contribution in [1.29, 1.82) is 0 Å². The average molecular weight is 209 g/mol. The van der Waals surface area contributed by atoms with Gasteiger partial charge in [-0.25, -0.2) is 0 Å². The highest BCUT2D eigenvalue weighted by molar-refractivity contribution is 7.81. The lowest BCUT2D eigenvalue weighted by Gasteiger charge is -2.14. The van der Waals surface area contributed by atoms with Gasteiger partial charge in [0.1, 0.15) is 0 Å². The Morgan fingerprint density at radius 2 is 2.43 bits per heavy atom. The number of thiol groups is 1. The molecule has 1 unspecified atom stereocenters. The van der Waals surface area contributed by atoms with Gasteiger partial charge in [-0.3, -0.25) is 14.8 Å². The molecule has 1 aliphatic rings. The second kappa shape index (κ2) is 3.96. The highest BCUT2D eigenvalue weighted by Crippen LogP contribution is 2.17.